The molecule has 0 saturated heterocycles. The number of aliphatic hydroxyl groups is 2. The van der Waals surface area contributed by atoms with Crippen LogP contribution in [-0.2, 0) is 32.3 Å². The minimum absolute atomic E-state index is 0.0903. The molecule has 0 amide bonds. The van der Waals surface area contributed by atoms with Crippen LogP contribution < -0.4 is 18.9 Å². The van der Waals surface area contributed by atoms with E-state index < -0.39 is 19.7 Å². The number of benzene rings is 4. The third-order valence-electron chi connectivity index (χ3n) is 9.45. The first-order valence-electron chi connectivity index (χ1n) is 23.0. The van der Waals surface area contributed by atoms with Crippen molar-refractivity contribution in [3.05, 3.63) is 118 Å². The average Bonchev–Trinajstić information content (AvgIpc) is 3.24. The molecule has 0 saturated carbocycles. The first-order valence-corrected chi connectivity index (χ1v) is 20.0. The standard InChI is InChI=1S/C27H36O5.C23H28O5/c1-21(19-31-20-29)17-27(2,3)12-5-13-32-26-15-23(14-24(16-26)18-28)7-6-22-8-10-25(30-4)11-9-22;1-23(2,28-17-25)11-4-12-27-22-14-19(13-20(15-22)16-24)6-5-18-7-9-21(26-3)10-8-18/h6-11,14-16,20-21,28H,5,12-13,17-19H2,1-4H3;5-10,13-15,17,24H,4,11-12,16H2,1-3H3/b7-6+;6-5+/i4D3;3D3. The molecule has 4 aromatic carbocycles. The zero-order valence-electron chi connectivity index (χ0n) is 41.4. The summed E-state index contributed by atoms with van der Waals surface area (Å²) in [4.78, 5) is 20.9. The van der Waals surface area contributed by atoms with Gasteiger partial charge < -0.3 is 38.6 Å². The van der Waals surface area contributed by atoms with E-state index in [9.17, 15) is 19.8 Å². The van der Waals surface area contributed by atoms with E-state index in [0.29, 0.717) is 63.0 Å². The van der Waals surface area contributed by atoms with Crippen LogP contribution in [-0.4, -0.2) is 62.7 Å². The van der Waals surface area contributed by atoms with Crippen LogP contribution in [0.2, 0.25) is 0 Å². The summed E-state index contributed by atoms with van der Waals surface area (Å²) in [6.45, 7) is 12.4. The van der Waals surface area contributed by atoms with Gasteiger partial charge in [0.2, 0.25) is 0 Å². The summed E-state index contributed by atoms with van der Waals surface area (Å²) in [6.07, 6.45) is 11.8. The predicted molar refractivity (Wildman–Crippen MR) is 239 cm³/mol. The lowest BCUT2D eigenvalue weighted by atomic mass is 9.80. The fraction of sp³-hybridized carbons (Fsp3) is 0.400. The van der Waals surface area contributed by atoms with E-state index in [0.717, 1.165) is 52.6 Å². The van der Waals surface area contributed by atoms with Gasteiger partial charge in [0.25, 0.3) is 12.9 Å². The third-order valence-corrected chi connectivity index (χ3v) is 9.45. The maximum absolute atomic E-state index is 10.5. The van der Waals surface area contributed by atoms with E-state index in [1.165, 1.54) is 0 Å². The second-order valence-electron chi connectivity index (χ2n) is 15.9. The smallest absolute Gasteiger partial charge is 0.293 e. The van der Waals surface area contributed by atoms with Crippen LogP contribution in [0.1, 0.15) is 108 Å². The van der Waals surface area contributed by atoms with Gasteiger partial charge in [0.1, 0.15) is 28.6 Å². The molecule has 1 atom stereocenters. The van der Waals surface area contributed by atoms with Crippen LogP contribution in [0.5, 0.6) is 23.0 Å². The van der Waals surface area contributed by atoms with Crippen molar-refractivity contribution in [2.75, 3.05) is 33.9 Å². The third kappa shape index (κ3) is 19.0. The molecule has 0 spiro atoms. The van der Waals surface area contributed by atoms with Crippen molar-refractivity contribution in [2.24, 2.45) is 11.3 Å². The molecule has 0 aliphatic carbocycles. The Morgan fingerprint density at radius 2 is 1.08 bits per heavy atom. The molecule has 324 valence electrons. The molecule has 0 aliphatic rings. The number of aliphatic hydroxyl groups excluding tert-OH is 2. The Hall–Kier alpha value is -5.58. The quantitative estimate of drug-likeness (QED) is 0.0378. The molecule has 0 heterocycles. The Morgan fingerprint density at radius 3 is 1.52 bits per heavy atom. The van der Waals surface area contributed by atoms with Gasteiger partial charge in [-0.05, 0) is 151 Å². The van der Waals surface area contributed by atoms with Crippen LogP contribution in [0, 0.1) is 11.3 Å². The lowest BCUT2D eigenvalue weighted by Crippen LogP contribution is -2.24. The van der Waals surface area contributed by atoms with Crippen LogP contribution in [0.25, 0.3) is 24.3 Å². The van der Waals surface area contributed by atoms with Crippen molar-refractivity contribution >= 4 is 37.2 Å². The van der Waals surface area contributed by atoms with E-state index in [1.54, 1.807) is 54.6 Å². The topological polar surface area (TPSA) is 130 Å². The molecule has 60 heavy (non-hydrogen) atoms. The van der Waals surface area contributed by atoms with E-state index in [-0.39, 0.29) is 30.1 Å². The number of hydrogen-bond donors (Lipinski definition) is 2. The van der Waals surface area contributed by atoms with Crippen LogP contribution in [0.3, 0.4) is 0 Å². The summed E-state index contributed by atoms with van der Waals surface area (Å²) < 4.78 is 74.3. The highest BCUT2D eigenvalue weighted by Gasteiger charge is 2.21. The van der Waals surface area contributed by atoms with Crippen molar-refractivity contribution in [1.29, 1.82) is 0 Å². The second kappa shape index (κ2) is 25.8. The van der Waals surface area contributed by atoms with Gasteiger partial charge >= 0.3 is 0 Å². The van der Waals surface area contributed by atoms with Gasteiger partial charge in [-0.3, -0.25) is 9.59 Å². The van der Waals surface area contributed by atoms with Crippen molar-refractivity contribution in [2.45, 2.75) is 85.5 Å². The van der Waals surface area contributed by atoms with Gasteiger partial charge in [-0.2, -0.15) is 0 Å². The van der Waals surface area contributed by atoms with Gasteiger partial charge in [-0.1, -0.05) is 69.3 Å². The van der Waals surface area contributed by atoms with E-state index in [1.807, 2.05) is 68.5 Å². The maximum atomic E-state index is 10.5. The van der Waals surface area contributed by atoms with E-state index in [2.05, 4.69) is 20.8 Å². The van der Waals surface area contributed by atoms with Crippen LogP contribution in [0.4, 0.5) is 0 Å². The summed E-state index contributed by atoms with van der Waals surface area (Å²) in [6, 6.07) is 24.6. The summed E-state index contributed by atoms with van der Waals surface area (Å²) in [5, 5.41) is 19.2. The molecular formula is C50H64O10. The minimum Gasteiger partial charge on any atom is -0.497 e. The molecule has 1 unspecified atom stereocenters. The fourth-order valence-corrected chi connectivity index (χ4v) is 6.52. The molecule has 0 aromatic heterocycles. The van der Waals surface area contributed by atoms with Crippen LogP contribution in [0.15, 0.2) is 84.9 Å². The van der Waals surface area contributed by atoms with E-state index >= 15 is 0 Å². The zero-order valence-corrected chi connectivity index (χ0v) is 35.4. The highest BCUT2D eigenvalue weighted by atomic mass is 16.5. The Kier molecular flexibility index (Phi) is 17.1. The molecule has 0 radical (unpaired) electrons. The monoisotopic (exact) mass is 830 g/mol. The number of carbonyl (C=O) groups excluding carboxylic acids is 2. The lowest BCUT2D eigenvalue weighted by molar-refractivity contribution is -0.141. The van der Waals surface area contributed by atoms with Crippen molar-refractivity contribution in [3.63, 3.8) is 0 Å². The Balaban J connectivity index is 0.000000353. The second-order valence-corrected chi connectivity index (χ2v) is 15.9. The maximum Gasteiger partial charge on any atom is 0.293 e. The number of ether oxygens (including phenoxy) is 6. The Morgan fingerprint density at radius 1 is 0.617 bits per heavy atom. The molecule has 0 bridgehead atoms. The van der Waals surface area contributed by atoms with Gasteiger partial charge in [0, 0.05) is 0 Å². The highest BCUT2D eigenvalue weighted by Crippen LogP contribution is 2.31. The number of hydrogen-bond acceptors (Lipinski definition) is 10. The number of carbonyl (C=O) groups is 2. The molecule has 4 rings (SSSR count). The first kappa shape index (κ1) is 39.9. The fourth-order valence-electron chi connectivity index (χ4n) is 6.52. The van der Waals surface area contributed by atoms with Gasteiger partial charge in [0.15, 0.2) is 0 Å². The van der Waals surface area contributed by atoms with Gasteiger partial charge in [-0.15, -0.1) is 0 Å². The molecular weight excluding hydrogens is 761 g/mol. The highest BCUT2D eigenvalue weighted by molar-refractivity contribution is 5.71. The van der Waals surface area contributed by atoms with Crippen molar-refractivity contribution in [3.8, 4) is 23.0 Å². The summed E-state index contributed by atoms with van der Waals surface area (Å²) in [5.74, 6) is 2.20. The Labute approximate surface area is 365 Å². The van der Waals surface area contributed by atoms with Gasteiger partial charge in [-0.25, -0.2) is 0 Å². The average molecular weight is 831 g/mol. The van der Waals surface area contributed by atoms with E-state index in [4.69, 9.17) is 36.6 Å². The summed E-state index contributed by atoms with van der Waals surface area (Å²) in [5.41, 5.74) is 4.56. The first-order chi connectivity index (χ1) is 31.1. The Bertz CT molecular complexity index is 2130. The number of rotatable bonds is 25. The summed E-state index contributed by atoms with van der Waals surface area (Å²) in [7, 11) is -4.95. The molecule has 0 fully saturated rings. The number of methoxy groups -OCH3 is 2. The molecule has 0 aliphatic heterocycles. The molecule has 10 nitrogen and oxygen atoms in total. The predicted octanol–water partition coefficient (Wildman–Crippen LogP) is 10.2. The largest absolute Gasteiger partial charge is 0.497 e. The summed E-state index contributed by atoms with van der Waals surface area (Å²) >= 11 is 0. The SMILES string of the molecule is [2H]C([2H])([2H])Oc1ccc(/C=C/c2cc(CO)cc(OCCCC(C)(C)CC(C)COC=O)c2)cc1.[2H]C([2H])([2H])Oc1ccc(/C=C/c2cc(CO)cc(OCCCC(C)(C)OC=O)c2)cc1. The van der Waals surface area contributed by atoms with Crippen molar-refractivity contribution in [1.82, 2.24) is 0 Å². The molecule has 2 N–H and O–H groups in total. The van der Waals surface area contributed by atoms with Crippen molar-refractivity contribution < 1.29 is 56.4 Å². The molecule has 4 aromatic rings. The minimum atomic E-state index is -2.48. The zero-order chi connectivity index (χ0) is 48.8. The van der Waals surface area contributed by atoms with Gasteiger partial charge in [0.05, 0.1) is 55.3 Å². The lowest BCUT2D eigenvalue weighted by Gasteiger charge is -2.27. The molecule has 10 heteroatoms. The normalized spacial score (nSPS) is 13.9. The van der Waals surface area contributed by atoms with Crippen LogP contribution >= 0.6 is 0 Å².